The Morgan fingerprint density at radius 2 is 1.75 bits per heavy atom. The van der Waals surface area contributed by atoms with E-state index in [4.69, 9.17) is 18.9 Å². The van der Waals surface area contributed by atoms with Crippen LogP contribution in [0.5, 0.6) is 0 Å². The Hall–Kier alpha value is -2.85. The third-order valence-corrected chi connectivity index (χ3v) is 9.62. The summed E-state index contributed by atoms with van der Waals surface area (Å²) >= 11 is 0. The van der Waals surface area contributed by atoms with E-state index in [1.807, 2.05) is 13.0 Å². The van der Waals surface area contributed by atoms with Crippen LogP contribution in [-0.2, 0) is 42.9 Å². The molecule has 0 saturated carbocycles. The van der Waals surface area contributed by atoms with E-state index >= 15 is 0 Å². The van der Waals surface area contributed by atoms with Gasteiger partial charge in [0.15, 0.2) is 17.5 Å². The molecule has 0 aromatic rings. The Bertz CT molecular complexity index is 1260. The average molecular weight is 685 g/mol. The predicted molar refractivity (Wildman–Crippen MR) is 169 cm³/mol. The lowest BCUT2D eigenvalue weighted by Crippen LogP contribution is -2.59. The van der Waals surface area contributed by atoms with E-state index in [2.05, 4.69) is 0 Å². The topological polar surface area (TPSA) is 227 Å². The van der Waals surface area contributed by atoms with E-state index in [9.17, 15) is 49.5 Å². The second-order valence-electron chi connectivity index (χ2n) is 13.3. The zero-order valence-corrected chi connectivity index (χ0v) is 29.1. The van der Waals surface area contributed by atoms with E-state index in [0.717, 1.165) is 14.0 Å². The summed E-state index contributed by atoms with van der Waals surface area (Å²) in [4.78, 5) is 66.0. The maximum absolute atomic E-state index is 14.0. The Morgan fingerprint density at radius 1 is 1.15 bits per heavy atom. The first kappa shape index (κ1) is 41.3. The molecule has 1 saturated heterocycles. The van der Waals surface area contributed by atoms with Crippen molar-refractivity contribution in [1.82, 2.24) is 0 Å². The summed E-state index contributed by atoms with van der Waals surface area (Å²) in [6.07, 6.45) is -5.10. The first-order valence-electron chi connectivity index (χ1n) is 16.1. The van der Waals surface area contributed by atoms with Crippen molar-refractivity contribution >= 4 is 29.3 Å². The van der Waals surface area contributed by atoms with Crippen LogP contribution in [0.3, 0.4) is 0 Å². The van der Waals surface area contributed by atoms with Gasteiger partial charge < -0.3 is 44.5 Å². The minimum absolute atomic E-state index is 0.226. The molecule has 14 heteroatoms. The van der Waals surface area contributed by atoms with Gasteiger partial charge in [0, 0.05) is 38.2 Å². The van der Waals surface area contributed by atoms with Crippen molar-refractivity contribution in [1.29, 1.82) is 0 Å². The molecule has 0 aromatic carbocycles. The number of carbonyl (C=O) groups excluding carboxylic acids is 5. The number of methoxy groups -OCH3 is 1. The fourth-order valence-electron chi connectivity index (χ4n) is 6.51. The maximum atomic E-state index is 14.0. The molecule has 48 heavy (non-hydrogen) atoms. The molecule has 2 rings (SSSR count). The highest BCUT2D eigenvalue weighted by atomic mass is 16.6. The van der Waals surface area contributed by atoms with Crippen molar-refractivity contribution in [3.63, 3.8) is 0 Å². The van der Waals surface area contributed by atoms with E-state index < -0.39 is 120 Å². The van der Waals surface area contributed by atoms with Gasteiger partial charge in [0.25, 0.3) is 0 Å². The van der Waals surface area contributed by atoms with Crippen LogP contribution in [0, 0.1) is 29.6 Å². The highest BCUT2D eigenvalue weighted by molar-refractivity contribution is 5.93. The monoisotopic (exact) mass is 684 g/mol. The van der Waals surface area contributed by atoms with Gasteiger partial charge >= 0.3 is 11.9 Å². The molecule has 0 unspecified atom stereocenters. The number of aliphatic hydroxyl groups is 5. The number of hydrogen-bond acceptors (Lipinski definition) is 14. The SMILES string of the molecule is C/C=C\[C@H](C)[C@H]1O[C@@]1(C)[C@@H](O)[C@H]1COC(=O)[C@H](O)[C@@H](OC)[C@H](C)C(=O)[C@H](C)[C@@H](OC(C)=O)/C(C)=C/[C@H](C)C(=O)C[C@H](O)[C@](O)(CO)C1=O. The second-order valence-corrected chi connectivity index (χ2v) is 13.3. The van der Waals surface area contributed by atoms with Gasteiger partial charge in [0.05, 0.1) is 36.8 Å². The van der Waals surface area contributed by atoms with Crippen molar-refractivity contribution in [2.24, 2.45) is 29.6 Å². The lowest BCUT2D eigenvalue weighted by atomic mass is 9.76. The number of ether oxygens (including phenoxy) is 4. The summed E-state index contributed by atoms with van der Waals surface area (Å²) in [6.45, 7) is 9.76. The standard InChI is InChI=1S/C34H52O14/c1-10-11-16(2)31-33(8,48-31)29(41)22-14-46-32(43)26(40)28(45-9)20(6)25(39)19(5)27(47-21(7)36)18(4)12-17(3)23(37)13-24(38)34(44,15-35)30(22)42/h10-12,16-17,19-20,22,24,26-29,31,35,38,40-41,44H,13-15H2,1-9H3/b11-10-,18-12+/t16-,17-,19-,20+,22+,24-,26+,27-,28-,29-,31+,33-,34+/m0/s1. The molecular weight excluding hydrogens is 632 g/mol. The van der Waals surface area contributed by atoms with E-state index in [1.54, 1.807) is 13.0 Å². The molecule has 272 valence electrons. The van der Waals surface area contributed by atoms with Crippen LogP contribution < -0.4 is 0 Å². The first-order chi connectivity index (χ1) is 22.2. The zero-order chi connectivity index (χ0) is 36.9. The molecule has 0 spiro atoms. The van der Waals surface area contributed by atoms with Gasteiger partial charge in [0.1, 0.15) is 36.0 Å². The zero-order valence-electron chi connectivity index (χ0n) is 29.1. The number of cyclic esters (lactones) is 1. The maximum Gasteiger partial charge on any atom is 0.337 e. The van der Waals surface area contributed by atoms with E-state index in [1.165, 1.54) is 40.7 Å². The lowest BCUT2D eigenvalue weighted by Gasteiger charge is -2.36. The second kappa shape index (κ2) is 16.7. The lowest BCUT2D eigenvalue weighted by molar-refractivity contribution is -0.177. The summed E-state index contributed by atoms with van der Waals surface area (Å²) in [5.74, 6) is -9.88. The van der Waals surface area contributed by atoms with E-state index in [0.29, 0.717) is 5.57 Å². The molecule has 0 radical (unpaired) electrons. The smallest absolute Gasteiger partial charge is 0.337 e. The van der Waals surface area contributed by atoms with Crippen LogP contribution >= 0.6 is 0 Å². The molecule has 1 fully saturated rings. The van der Waals surface area contributed by atoms with Crippen molar-refractivity contribution in [2.45, 2.75) is 110 Å². The fraction of sp³-hybridized carbons (Fsp3) is 0.735. The van der Waals surface area contributed by atoms with Crippen LogP contribution in [0.2, 0.25) is 0 Å². The molecule has 14 nitrogen and oxygen atoms in total. The first-order valence-corrected chi connectivity index (χ1v) is 16.1. The van der Waals surface area contributed by atoms with Gasteiger partial charge in [-0.1, -0.05) is 45.9 Å². The number of carbonyl (C=O) groups is 5. The molecule has 0 amide bonds. The number of hydrogen-bond donors (Lipinski definition) is 5. The van der Waals surface area contributed by atoms with Gasteiger partial charge in [-0.2, -0.15) is 0 Å². The van der Waals surface area contributed by atoms with E-state index in [-0.39, 0.29) is 5.92 Å². The summed E-state index contributed by atoms with van der Waals surface area (Å²) in [6, 6.07) is 0. The quantitative estimate of drug-likeness (QED) is 0.138. The Balaban J connectivity index is 2.67. The molecule has 13 atom stereocenters. The van der Waals surface area contributed by atoms with Crippen LogP contribution in [0.4, 0.5) is 0 Å². The van der Waals surface area contributed by atoms with Gasteiger partial charge in [-0.15, -0.1) is 0 Å². The highest BCUT2D eigenvalue weighted by Crippen LogP contribution is 2.47. The largest absolute Gasteiger partial charge is 0.463 e. The normalized spacial score (nSPS) is 40.3. The summed E-state index contributed by atoms with van der Waals surface area (Å²) < 4.78 is 21.8. The van der Waals surface area contributed by atoms with Crippen LogP contribution in [-0.4, -0.2) is 123 Å². The molecular formula is C34H52O14. The molecule has 5 N–H and O–H groups in total. The van der Waals surface area contributed by atoms with Crippen molar-refractivity contribution < 1.29 is 68.5 Å². The number of rotatable bonds is 7. The van der Waals surface area contributed by atoms with Crippen LogP contribution in [0.25, 0.3) is 0 Å². The number of allylic oxidation sites excluding steroid dienone is 2. The Labute approximate surface area is 281 Å². The molecule has 0 aromatic heterocycles. The molecule has 2 aliphatic rings. The van der Waals surface area contributed by atoms with Gasteiger partial charge in [-0.05, 0) is 26.3 Å². The van der Waals surface area contributed by atoms with Gasteiger partial charge in [0.2, 0.25) is 0 Å². The molecule has 2 heterocycles. The molecule has 2 aliphatic heterocycles. The van der Waals surface area contributed by atoms with Crippen molar-refractivity contribution in [2.75, 3.05) is 20.3 Å². The summed E-state index contributed by atoms with van der Waals surface area (Å²) in [5.41, 5.74) is -4.10. The minimum Gasteiger partial charge on any atom is -0.463 e. The summed E-state index contributed by atoms with van der Waals surface area (Å²) in [5, 5.41) is 55.1. The third kappa shape index (κ3) is 8.84. The number of aliphatic hydroxyl groups excluding tert-OH is 4. The Morgan fingerprint density at radius 3 is 2.27 bits per heavy atom. The summed E-state index contributed by atoms with van der Waals surface area (Å²) in [7, 11) is 1.15. The molecule has 0 aliphatic carbocycles. The number of Topliss-reactive ketones (excluding diaryl/α,β-unsaturated/α-hetero) is 3. The molecule has 0 bridgehead atoms. The average Bonchev–Trinajstić information content (AvgIpc) is 3.74. The Kier molecular flexibility index (Phi) is 14.4. The third-order valence-electron chi connectivity index (χ3n) is 9.62. The number of epoxide rings is 1. The van der Waals surface area contributed by atoms with Gasteiger partial charge in [-0.3, -0.25) is 19.2 Å². The van der Waals surface area contributed by atoms with Crippen LogP contribution in [0.1, 0.15) is 61.8 Å². The van der Waals surface area contributed by atoms with Gasteiger partial charge in [-0.25, -0.2) is 4.79 Å². The number of esters is 2. The number of ketones is 3. The van der Waals surface area contributed by atoms with Crippen molar-refractivity contribution in [3.8, 4) is 0 Å². The van der Waals surface area contributed by atoms with Crippen molar-refractivity contribution in [3.05, 3.63) is 23.8 Å². The fourth-order valence-corrected chi connectivity index (χ4v) is 6.51. The minimum atomic E-state index is -3.00. The predicted octanol–water partition coefficient (Wildman–Crippen LogP) is 0.234. The van der Waals surface area contributed by atoms with Crippen LogP contribution in [0.15, 0.2) is 23.8 Å². The highest BCUT2D eigenvalue weighted by Gasteiger charge is 2.63.